The second-order valence-electron chi connectivity index (χ2n) is 15.2. The zero-order valence-corrected chi connectivity index (χ0v) is 34.4. The molecule has 288 valence electrons. The number of carbonyl (C=O) groups excluding carboxylic acids is 1. The number of hydrogen-bond donors (Lipinski definition) is 0. The summed E-state index contributed by atoms with van der Waals surface area (Å²) in [5, 5.41) is 0. The van der Waals surface area contributed by atoms with Crippen molar-refractivity contribution in [3.8, 4) is 17.2 Å². The van der Waals surface area contributed by atoms with Gasteiger partial charge in [-0.3, -0.25) is 4.79 Å². The van der Waals surface area contributed by atoms with Crippen LogP contribution in [0.5, 0.6) is 17.2 Å². The highest BCUT2D eigenvalue weighted by Crippen LogP contribution is 2.40. The predicted octanol–water partition coefficient (Wildman–Crippen LogP) is 14.9. The van der Waals surface area contributed by atoms with E-state index < -0.39 is 0 Å². The number of unbranched alkanes of at least 4 members (excludes halogenated alkanes) is 18. The summed E-state index contributed by atoms with van der Waals surface area (Å²) in [5.41, 5.74) is 1.57. The van der Waals surface area contributed by atoms with Crippen molar-refractivity contribution in [2.75, 3.05) is 19.8 Å². The molecule has 2 aromatic carbocycles. The molecule has 0 bridgehead atoms. The van der Waals surface area contributed by atoms with Gasteiger partial charge in [0, 0.05) is 15.2 Å². The first-order chi connectivity index (χ1) is 24.8. The molecule has 0 amide bonds. The molecule has 0 saturated heterocycles. The molecule has 0 aliphatic rings. The van der Waals surface area contributed by atoms with E-state index >= 15 is 0 Å². The van der Waals surface area contributed by atoms with Crippen LogP contribution in [0.25, 0.3) is 6.08 Å². The second kappa shape index (κ2) is 28.1. The second-order valence-corrected chi connectivity index (χ2v) is 17.1. The van der Waals surface area contributed by atoms with E-state index in [1.54, 1.807) is 17.8 Å². The topological polar surface area (TPSA) is 44.8 Å². The van der Waals surface area contributed by atoms with Gasteiger partial charge in [0.15, 0.2) is 17.3 Å². The molecule has 0 unspecified atom stereocenters. The van der Waals surface area contributed by atoms with Crippen molar-refractivity contribution >= 4 is 23.6 Å². The van der Waals surface area contributed by atoms with Crippen LogP contribution in [0.4, 0.5) is 0 Å². The molecule has 2 rings (SSSR count). The molecule has 5 heteroatoms. The van der Waals surface area contributed by atoms with Crippen LogP contribution in [0.2, 0.25) is 0 Å². The van der Waals surface area contributed by atoms with Crippen molar-refractivity contribution in [1.29, 1.82) is 0 Å². The van der Waals surface area contributed by atoms with Gasteiger partial charge in [0.05, 0.1) is 19.8 Å². The van der Waals surface area contributed by atoms with Crippen molar-refractivity contribution in [3.05, 3.63) is 53.6 Å². The lowest BCUT2D eigenvalue weighted by atomic mass is 10.1. The van der Waals surface area contributed by atoms with E-state index in [4.69, 9.17) is 14.2 Å². The van der Waals surface area contributed by atoms with Gasteiger partial charge in [-0.25, -0.2) is 0 Å². The standard InChI is InChI=1S/C46H74O4S/c1-7-10-13-16-19-22-25-34-48-43-37-39(28-33-42(47)40-29-31-41(32-30-40)51-46(4,5)6)38-44(49-35-26-23-20-17-14-11-8-2)45(43)50-36-27-24-21-18-15-12-9-3/h28-33,37-38H,7-27,34-36H2,1-6H3/b33-28+. The van der Waals surface area contributed by atoms with Crippen LogP contribution in [0, 0.1) is 0 Å². The van der Waals surface area contributed by atoms with E-state index in [0.717, 1.165) is 36.3 Å². The fraction of sp³-hybridized carbons (Fsp3) is 0.674. The lowest BCUT2D eigenvalue weighted by Gasteiger charge is -2.18. The maximum absolute atomic E-state index is 13.2. The molecular weight excluding hydrogens is 649 g/mol. The summed E-state index contributed by atoms with van der Waals surface area (Å²) in [6, 6.07) is 12.0. The molecule has 0 atom stereocenters. The maximum Gasteiger partial charge on any atom is 0.203 e. The summed E-state index contributed by atoms with van der Waals surface area (Å²) in [6.45, 7) is 15.3. The Morgan fingerprint density at radius 3 is 1.37 bits per heavy atom. The minimum Gasteiger partial charge on any atom is -0.490 e. The summed E-state index contributed by atoms with van der Waals surface area (Å²) in [5.74, 6) is 2.13. The Morgan fingerprint density at radius 2 is 0.961 bits per heavy atom. The number of carbonyl (C=O) groups is 1. The van der Waals surface area contributed by atoms with Crippen molar-refractivity contribution < 1.29 is 19.0 Å². The smallest absolute Gasteiger partial charge is 0.203 e. The molecular formula is C46H74O4S. The highest BCUT2D eigenvalue weighted by atomic mass is 32.2. The van der Waals surface area contributed by atoms with Gasteiger partial charge in [-0.1, -0.05) is 163 Å². The first kappa shape index (κ1) is 44.8. The van der Waals surface area contributed by atoms with E-state index in [1.165, 1.54) is 120 Å². The maximum atomic E-state index is 13.2. The zero-order chi connectivity index (χ0) is 37.0. The van der Waals surface area contributed by atoms with E-state index in [9.17, 15) is 4.79 Å². The summed E-state index contributed by atoms with van der Waals surface area (Å²) >= 11 is 1.81. The summed E-state index contributed by atoms with van der Waals surface area (Å²) in [6.07, 6.45) is 29.5. The largest absolute Gasteiger partial charge is 0.490 e. The Labute approximate surface area is 318 Å². The molecule has 2 aromatic rings. The quantitative estimate of drug-likeness (QED) is 0.0335. The average Bonchev–Trinajstić information content (AvgIpc) is 3.11. The SMILES string of the molecule is CCCCCCCCCOc1cc(/C=C/C(=O)c2ccc(SC(C)(C)C)cc2)cc(OCCCCCCCCC)c1OCCCCCCCCC. The molecule has 4 nitrogen and oxygen atoms in total. The fourth-order valence-corrected chi connectivity index (χ4v) is 7.05. The Morgan fingerprint density at radius 1 is 0.569 bits per heavy atom. The van der Waals surface area contributed by atoms with Crippen LogP contribution >= 0.6 is 11.8 Å². The third-order valence-corrected chi connectivity index (χ3v) is 10.2. The van der Waals surface area contributed by atoms with E-state index in [0.29, 0.717) is 31.1 Å². The van der Waals surface area contributed by atoms with Gasteiger partial charge in [0.2, 0.25) is 5.75 Å². The lowest BCUT2D eigenvalue weighted by molar-refractivity contribution is 0.104. The minimum absolute atomic E-state index is 0.0161. The Balaban J connectivity index is 2.21. The highest BCUT2D eigenvalue weighted by Gasteiger charge is 2.16. The molecule has 0 saturated carbocycles. The molecule has 0 spiro atoms. The zero-order valence-electron chi connectivity index (χ0n) is 33.6. The Hall–Kier alpha value is -2.40. The average molecular weight is 723 g/mol. The Kier molecular flexibility index (Phi) is 24.7. The predicted molar refractivity (Wildman–Crippen MR) is 222 cm³/mol. The lowest BCUT2D eigenvalue weighted by Crippen LogP contribution is -2.07. The minimum atomic E-state index is -0.0161. The van der Waals surface area contributed by atoms with Crippen LogP contribution in [0.1, 0.15) is 192 Å². The summed E-state index contributed by atoms with van der Waals surface area (Å²) in [7, 11) is 0. The van der Waals surface area contributed by atoms with Crippen molar-refractivity contribution in [2.45, 2.75) is 186 Å². The van der Waals surface area contributed by atoms with E-state index in [1.807, 2.05) is 42.5 Å². The number of allylic oxidation sites excluding steroid dienone is 1. The fourth-order valence-electron chi connectivity index (χ4n) is 6.07. The normalized spacial score (nSPS) is 11.7. The third kappa shape index (κ3) is 21.7. The molecule has 0 aliphatic heterocycles. The van der Waals surface area contributed by atoms with Crippen molar-refractivity contribution in [1.82, 2.24) is 0 Å². The van der Waals surface area contributed by atoms with Gasteiger partial charge in [0.25, 0.3) is 0 Å². The van der Waals surface area contributed by atoms with E-state index in [2.05, 4.69) is 41.5 Å². The molecule has 0 aliphatic carbocycles. The molecule has 0 N–H and O–H groups in total. The number of ketones is 1. The van der Waals surface area contributed by atoms with Crippen LogP contribution in [-0.4, -0.2) is 30.4 Å². The van der Waals surface area contributed by atoms with Crippen LogP contribution < -0.4 is 14.2 Å². The van der Waals surface area contributed by atoms with Gasteiger partial charge in [-0.15, -0.1) is 11.8 Å². The summed E-state index contributed by atoms with van der Waals surface area (Å²) < 4.78 is 19.6. The molecule has 0 fully saturated rings. The van der Waals surface area contributed by atoms with Crippen molar-refractivity contribution in [3.63, 3.8) is 0 Å². The van der Waals surface area contributed by atoms with Crippen molar-refractivity contribution in [2.24, 2.45) is 0 Å². The summed E-state index contributed by atoms with van der Waals surface area (Å²) in [4.78, 5) is 14.4. The number of ether oxygens (including phenoxy) is 3. The molecule has 0 radical (unpaired) electrons. The number of benzene rings is 2. The highest BCUT2D eigenvalue weighted by molar-refractivity contribution is 8.00. The van der Waals surface area contributed by atoms with Gasteiger partial charge >= 0.3 is 0 Å². The number of hydrogen-bond acceptors (Lipinski definition) is 5. The van der Waals surface area contributed by atoms with Crippen LogP contribution in [0.3, 0.4) is 0 Å². The first-order valence-corrected chi connectivity index (χ1v) is 21.7. The molecule has 0 heterocycles. The first-order valence-electron chi connectivity index (χ1n) is 20.8. The third-order valence-electron chi connectivity index (χ3n) is 9.04. The van der Waals surface area contributed by atoms with Crippen LogP contribution in [0.15, 0.2) is 47.4 Å². The van der Waals surface area contributed by atoms with Gasteiger partial charge < -0.3 is 14.2 Å². The number of rotatable bonds is 31. The number of thioether (sulfide) groups is 1. The van der Waals surface area contributed by atoms with Crippen LogP contribution in [-0.2, 0) is 0 Å². The monoisotopic (exact) mass is 723 g/mol. The van der Waals surface area contributed by atoms with Gasteiger partial charge in [-0.2, -0.15) is 0 Å². The van der Waals surface area contributed by atoms with E-state index in [-0.39, 0.29) is 10.5 Å². The molecule has 51 heavy (non-hydrogen) atoms. The van der Waals surface area contributed by atoms with Gasteiger partial charge in [0.1, 0.15) is 0 Å². The molecule has 0 aromatic heterocycles. The van der Waals surface area contributed by atoms with Gasteiger partial charge in [-0.05, 0) is 67.3 Å². The Bertz CT molecular complexity index is 1160.